The number of aryl methyl sites for hydroxylation is 2. The van der Waals surface area contributed by atoms with E-state index >= 15 is 0 Å². The van der Waals surface area contributed by atoms with Gasteiger partial charge in [-0.25, -0.2) is 4.79 Å². The summed E-state index contributed by atoms with van der Waals surface area (Å²) in [6.07, 6.45) is 8.10. The highest BCUT2D eigenvalue weighted by Gasteiger charge is 2.16. The number of piperazine rings is 1. The summed E-state index contributed by atoms with van der Waals surface area (Å²) in [6, 6.07) is 14.7. The number of hydrogen-bond donors (Lipinski definition) is 2. The normalized spacial score (nSPS) is 16.1. The zero-order valence-corrected chi connectivity index (χ0v) is 17.8. The maximum Gasteiger partial charge on any atom is 0.321 e. The first-order valence-electron chi connectivity index (χ1n) is 11.4. The fraction of sp³-hybridized carbons (Fsp3) is 0.480. The molecule has 0 aromatic heterocycles. The molecule has 0 saturated carbocycles. The van der Waals surface area contributed by atoms with Gasteiger partial charge in [-0.2, -0.15) is 0 Å². The van der Waals surface area contributed by atoms with Crippen LogP contribution < -0.4 is 15.4 Å². The first-order valence-corrected chi connectivity index (χ1v) is 11.4. The molecule has 2 N–H and O–H groups in total. The Morgan fingerprint density at radius 2 is 1.80 bits per heavy atom. The van der Waals surface area contributed by atoms with Crippen molar-refractivity contribution in [3.63, 3.8) is 0 Å². The van der Waals surface area contributed by atoms with Crippen LogP contribution >= 0.6 is 0 Å². The Morgan fingerprint density at radius 3 is 2.63 bits per heavy atom. The summed E-state index contributed by atoms with van der Waals surface area (Å²) >= 11 is 0. The van der Waals surface area contributed by atoms with Crippen LogP contribution in [0.1, 0.15) is 42.4 Å². The Kier molecular flexibility index (Phi) is 7.25. The molecule has 0 unspecified atom stereocenters. The lowest BCUT2D eigenvalue weighted by Gasteiger charge is -2.27. The summed E-state index contributed by atoms with van der Waals surface area (Å²) in [5.74, 6) is 1.09. The number of carbonyl (C=O) groups excluding carboxylic acids is 1. The summed E-state index contributed by atoms with van der Waals surface area (Å²) in [5.41, 5.74) is 5.07. The number of urea groups is 1. The molecule has 2 aromatic carbocycles. The van der Waals surface area contributed by atoms with E-state index in [0.717, 1.165) is 69.9 Å². The lowest BCUT2D eigenvalue weighted by atomic mass is 9.91. The Hall–Kier alpha value is -2.53. The van der Waals surface area contributed by atoms with Crippen molar-refractivity contribution in [2.45, 2.75) is 44.9 Å². The van der Waals surface area contributed by atoms with Gasteiger partial charge in [-0.05, 0) is 79.8 Å². The molecule has 1 fully saturated rings. The van der Waals surface area contributed by atoms with Crippen LogP contribution in [0.2, 0.25) is 0 Å². The number of fused-ring (bicyclic) bond motifs is 1. The quantitative estimate of drug-likeness (QED) is 0.669. The predicted octanol–water partition coefficient (Wildman–Crippen LogP) is 4.40. The number of benzene rings is 2. The third kappa shape index (κ3) is 5.54. The number of carbonyl (C=O) groups is 1. The van der Waals surface area contributed by atoms with E-state index in [-0.39, 0.29) is 6.03 Å². The van der Waals surface area contributed by atoms with E-state index in [1.807, 2.05) is 17.0 Å². The molecule has 5 heteroatoms. The van der Waals surface area contributed by atoms with Crippen molar-refractivity contribution in [1.29, 1.82) is 0 Å². The smallest absolute Gasteiger partial charge is 0.321 e. The van der Waals surface area contributed by atoms with Gasteiger partial charge in [0.1, 0.15) is 5.75 Å². The van der Waals surface area contributed by atoms with Gasteiger partial charge in [-0.15, -0.1) is 0 Å². The number of nitrogens with zero attached hydrogens (tertiary/aromatic N) is 1. The lowest BCUT2D eigenvalue weighted by molar-refractivity contribution is 0.204. The van der Waals surface area contributed by atoms with E-state index < -0.39 is 0 Å². The molecule has 30 heavy (non-hydrogen) atoms. The van der Waals surface area contributed by atoms with Gasteiger partial charge >= 0.3 is 6.03 Å². The minimum absolute atomic E-state index is 0.00972. The van der Waals surface area contributed by atoms with Crippen LogP contribution in [0.5, 0.6) is 5.75 Å². The van der Waals surface area contributed by atoms with Crippen molar-refractivity contribution in [2.24, 2.45) is 0 Å². The summed E-state index contributed by atoms with van der Waals surface area (Å²) in [5, 5.41) is 6.26. The van der Waals surface area contributed by atoms with E-state index in [0.29, 0.717) is 0 Å². The molecular weight excluding hydrogens is 374 g/mol. The van der Waals surface area contributed by atoms with Crippen LogP contribution in [0.15, 0.2) is 42.5 Å². The SMILES string of the molecule is O=C(Nc1ccc(CCCCOc2cccc3c2CCCC3)cc1)N1CCNCC1. The van der Waals surface area contributed by atoms with Gasteiger partial charge in [0.05, 0.1) is 6.61 Å². The van der Waals surface area contributed by atoms with Gasteiger partial charge in [0, 0.05) is 31.9 Å². The van der Waals surface area contributed by atoms with Crippen LogP contribution in [0, 0.1) is 0 Å². The number of nitrogens with one attached hydrogen (secondary N) is 2. The van der Waals surface area contributed by atoms with Crippen molar-refractivity contribution in [3.8, 4) is 5.75 Å². The second-order valence-electron chi connectivity index (χ2n) is 8.27. The van der Waals surface area contributed by atoms with Crippen molar-refractivity contribution in [2.75, 3.05) is 38.1 Å². The number of ether oxygens (including phenoxy) is 1. The molecule has 4 rings (SSSR count). The molecule has 5 nitrogen and oxygen atoms in total. The maximum atomic E-state index is 12.3. The highest BCUT2D eigenvalue weighted by Crippen LogP contribution is 2.29. The molecule has 0 atom stereocenters. The molecule has 0 radical (unpaired) electrons. The Labute approximate surface area is 179 Å². The monoisotopic (exact) mass is 407 g/mol. The van der Waals surface area contributed by atoms with Crippen molar-refractivity contribution >= 4 is 11.7 Å². The van der Waals surface area contributed by atoms with E-state index in [4.69, 9.17) is 4.74 Å². The predicted molar refractivity (Wildman–Crippen MR) is 121 cm³/mol. The maximum absolute atomic E-state index is 12.3. The minimum atomic E-state index is -0.00972. The zero-order valence-electron chi connectivity index (χ0n) is 17.8. The average Bonchev–Trinajstić information content (AvgIpc) is 2.80. The highest BCUT2D eigenvalue weighted by atomic mass is 16.5. The van der Waals surface area contributed by atoms with Gasteiger partial charge in [0.2, 0.25) is 0 Å². The van der Waals surface area contributed by atoms with Crippen LogP contribution in [0.3, 0.4) is 0 Å². The average molecular weight is 408 g/mol. The van der Waals surface area contributed by atoms with Crippen LogP contribution in [-0.2, 0) is 19.3 Å². The van der Waals surface area contributed by atoms with Crippen molar-refractivity contribution in [3.05, 3.63) is 59.2 Å². The molecule has 2 amide bonds. The molecule has 1 aliphatic carbocycles. The fourth-order valence-electron chi connectivity index (χ4n) is 4.32. The molecule has 1 aliphatic heterocycles. The third-order valence-electron chi connectivity index (χ3n) is 6.08. The summed E-state index contributed by atoms with van der Waals surface area (Å²) in [7, 11) is 0. The minimum Gasteiger partial charge on any atom is -0.493 e. The summed E-state index contributed by atoms with van der Waals surface area (Å²) < 4.78 is 6.11. The molecule has 0 spiro atoms. The lowest BCUT2D eigenvalue weighted by Crippen LogP contribution is -2.48. The van der Waals surface area contributed by atoms with Gasteiger partial charge in [0.25, 0.3) is 0 Å². The van der Waals surface area contributed by atoms with Gasteiger partial charge in [0.15, 0.2) is 0 Å². The Morgan fingerprint density at radius 1 is 1.00 bits per heavy atom. The van der Waals surface area contributed by atoms with E-state index in [1.54, 1.807) is 0 Å². The highest BCUT2D eigenvalue weighted by molar-refractivity contribution is 5.89. The van der Waals surface area contributed by atoms with E-state index in [9.17, 15) is 4.79 Å². The molecule has 1 heterocycles. The standard InChI is InChI=1S/C25H33N3O2/c29-25(28-17-15-26-16-18-28)27-22-13-11-20(12-14-22)6-3-4-19-30-24-10-5-8-21-7-1-2-9-23(21)24/h5,8,10-14,26H,1-4,6-7,9,15-19H2,(H,27,29). The molecule has 0 bridgehead atoms. The van der Waals surface area contributed by atoms with E-state index in [2.05, 4.69) is 41.0 Å². The fourth-order valence-corrected chi connectivity index (χ4v) is 4.32. The summed E-state index contributed by atoms with van der Waals surface area (Å²) in [6.45, 7) is 4.02. The Balaban J connectivity index is 1.17. The van der Waals surface area contributed by atoms with Crippen LogP contribution in [0.25, 0.3) is 0 Å². The number of hydrogen-bond acceptors (Lipinski definition) is 3. The molecule has 2 aromatic rings. The largest absolute Gasteiger partial charge is 0.493 e. The number of unbranched alkanes of at least 4 members (excludes halogenated alkanes) is 1. The van der Waals surface area contributed by atoms with Crippen molar-refractivity contribution < 1.29 is 9.53 Å². The number of anilines is 1. The topological polar surface area (TPSA) is 53.6 Å². The van der Waals surface area contributed by atoms with Gasteiger partial charge < -0.3 is 20.3 Å². The number of rotatable bonds is 7. The molecule has 1 saturated heterocycles. The van der Waals surface area contributed by atoms with Gasteiger partial charge in [-0.1, -0.05) is 24.3 Å². The van der Waals surface area contributed by atoms with E-state index in [1.165, 1.54) is 36.0 Å². The van der Waals surface area contributed by atoms with Gasteiger partial charge in [-0.3, -0.25) is 0 Å². The first kappa shape index (κ1) is 20.7. The molecule has 160 valence electrons. The van der Waals surface area contributed by atoms with Crippen molar-refractivity contribution in [1.82, 2.24) is 10.2 Å². The second-order valence-corrected chi connectivity index (χ2v) is 8.27. The third-order valence-corrected chi connectivity index (χ3v) is 6.08. The Bertz CT molecular complexity index is 829. The zero-order chi connectivity index (χ0) is 20.6. The first-order chi connectivity index (χ1) is 14.8. The van der Waals surface area contributed by atoms with Crippen LogP contribution in [0.4, 0.5) is 10.5 Å². The van der Waals surface area contributed by atoms with Crippen LogP contribution in [-0.4, -0.2) is 43.7 Å². The molecular formula is C25H33N3O2. The number of amides is 2. The molecule has 2 aliphatic rings. The summed E-state index contributed by atoms with van der Waals surface area (Å²) in [4.78, 5) is 14.1. The second kappa shape index (κ2) is 10.5.